The molecule has 0 amide bonds. The molecule has 0 saturated heterocycles. The summed E-state index contributed by atoms with van der Waals surface area (Å²) in [6, 6.07) is 22.0. The Morgan fingerprint density at radius 2 is 1.40 bits per heavy atom. The summed E-state index contributed by atoms with van der Waals surface area (Å²) in [6.07, 6.45) is -4.35. The van der Waals surface area contributed by atoms with Crippen molar-refractivity contribution in [1.82, 2.24) is 0 Å². The van der Waals surface area contributed by atoms with Crippen LogP contribution in [0, 0.1) is 0 Å². The summed E-state index contributed by atoms with van der Waals surface area (Å²) < 4.78 is 38.5. The molecule has 1 atom stereocenters. The Hall–Kier alpha value is -2.95. The molecule has 0 bridgehead atoms. The smallest absolute Gasteiger partial charge is 0.378 e. The van der Waals surface area contributed by atoms with Crippen molar-refractivity contribution in [2.75, 3.05) is 5.06 Å². The van der Waals surface area contributed by atoms with Crippen molar-refractivity contribution in [3.05, 3.63) is 95.6 Å². The van der Waals surface area contributed by atoms with Crippen LogP contribution >= 0.6 is 0 Å². The van der Waals surface area contributed by atoms with E-state index in [0.717, 1.165) is 28.9 Å². The van der Waals surface area contributed by atoms with Crippen molar-refractivity contribution < 1.29 is 18.0 Å². The van der Waals surface area contributed by atoms with Gasteiger partial charge in [-0.25, -0.2) is 0 Å². The molecule has 0 spiro atoms. The Morgan fingerprint density at radius 1 is 0.760 bits per heavy atom. The average molecular weight is 341 g/mol. The number of halogens is 3. The average Bonchev–Trinajstić information content (AvgIpc) is 3.01. The SMILES string of the molecule is FC(F)(F)c1ccc(C2c3ccccc3ON2c2ccccc2)cc1. The molecule has 0 saturated carbocycles. The third-order valence-corrected chi connectivity index (χ3v) is 4.21. The lowest BCUT2D eigenvalue weighted by atomic mass is 9.97. The number of hydroxylamine groups is 1. The van der Waals surface area contributed by atoms with E-state index in [4.69, 9.17) is 4.84 Å². The van der Waals surface area contributed by atoms with E-state index in [1.165, 1.54) is 12.1 Å². The van der Waals surface area contributed by atoms with Crippen molar-refractivity contribution in [2.24, 2.45) is 0 Å². The van der Waals surface area contributed by atoms with Crippen LogP contribution in [0.1, 0.15) is 22.7 Å². The standard InChI is InChI=1S/C20H14F3NO/c21-20(22,23)15-12-10-14(11-13-15)19-17-8-4-5-9-18(17)25-24(19)16-6-2-1-3-7-16/h1-13,19H. The Kier molecular flexibility index (Phi) is 3.64. The van der Waals surface area contributed by atoms with Gasteiger partial charge in [0, 0.05) is 5.56 Å². The number of benzene rings is 3. The number of alkyl halides is 3. The molecular formula is C20H14F3NO. The van der Waals surface area contributed by atoms with Crippen LogP contribution in [0.4, 0.5) is 18.9 Å². The second kappa shape index (κ2) is 5.84. The van der Waals surface area contributed by atoms with Crippen LogP contribution in [0.2, 0.25) is 0 Å². The van der Waals surface area contributed by atoms with Crippen LogP contribution in [-0.4, -0.2) is 0 Å². The first-order valence-electron chi connectivity index (χ1n) is 7.82. The van der Waals surface area contributed by atoms with E-state index in [9.17, 15) is 13.2 Å². The van der Waals surface area contributed by atoms with Gasteiger partial charge >= 0.3 is 6.18 Å². The molecular weight excluding hydrogens is 327 g/mol. The van der Waals surface area contributed by atoms with E-state index in [0.29, 0.717) is 5.75 Å². The summed E-state index contributed by atoms with van der Waals surface area (Å²) in [5.74, 6) is 0.705. The number of anilines is 1. The van der Waals surface area contributed by atoms with Gasteiger partial charge < -0.3 is 4.84 Å². The number of nitrogens with zero attached hydrogens (tertiary/aromatic N) is 1. The third-order valence-electron chi connectivity index (χ3n) is 4.21. The summed E-state index contributed by atoms with van der Waals surface area (Å²) in [5.41, 5.74) is 1.84. The van der Waals surface area contributed by atoms with E-state index in [-0.39, 0.29) is 6.04 Å². The molecule has 1 aliphatic heterocycles. The van der Waals surface area contributed by atoms with Gasteiger partial charge in [0.25, 0.3) is 0 Å². The van der Waals surface area contributed by atoms with Gasteiger partial charge in [-0.3, -0.25) is 0 Å². The zero-order chi connectivity index (χ0) is 17.4. The summed E-state index contributed by atoms with van der Waals surface area (Å²) in [4.78, 5) is 5.97. The maximum Gasteiger partial charge on any atom is 0.416 e. The van der Waals surface area contributed by atoms with Crippen molar-refractivity contribution in [3.63, 3.8) is 0 Å². The first kappa shape index (κ1) is 15.6. The van der Waals surface area contributed by atoms with Gasteiger partial charge in [-0.2, -0.15) is 18.2 Å². The van der Waals surface area contributed by atoms with Crippen molar-refractivity contribution in [3.8, 4) is 5.75 Å². The van der Waals surface area contributed by atoms with E-state index in [2.05, 4.69) is 0 Å². The van der Waals surface area contributed by atoms with Gasteiger partial charge in [0.1, 0.15) is 6.04 Å². The second-order valence-corrected chi connectivity index (χ2v) is 5.81. The number of rotatable bonds is 2. The molecule has 0 N–H and O–H groups in total. The fourth-order valence-corrected chi connectivity index (χ4v) is 3.02. The van der Waals surface area contributed by atoms with Crippen LogP contribution in [-0.2, 0) is 6.18 Å². The summed E-state index contributed by atoms with van der Waals surface area (Å²) in [6.45, 7) is 0. The molecule has 0 aliphatic carbocycles. The molecule has 1 aliphatic rings. The Balaban J connectivity index is 1.78. The van der Waals surface area contributed by atoms with Crippen molar-refractivity contribution in [2.45, 2.75) is 12.2 Å². The largest absolute Gasteiger partial charge is 0.416 e. The van der Waals surface area contributed by atoms with Crippen LogP contribution in [0.15, 0.2) is 78.9 Å². The van der Waals surface area contributed by atoms with Gasteiger partial charge in [-0.15, -0.1) is 0 Å². The zero-order valence-electron chi connectivity index (χ0n) is 13.1. The fourth-order valence-electron chi connectivity index (χ4n) is 3.02. The van der Waals surface area contributed by atoms with Gasteiger partial charge in [0.15, 0.2) is 5.75 Å². The minimum absolute atomic E-state index is 0.305. The predicted octanol–water partition coefficient (Wildman–Crippen LogP) is 5.61. The fraction of sp³-hybridized carbons (Fsp3) is 0.100. The van der Waals surface area contributed by atoms with Crippen molar-refractivity contribution >= 4 is 5.69 Å². The predicted molar refractivity (Wildman–Crippen MR) is 89.3 cm³/mol. The lowest BCUT2D eigenvalue weighted by molar-refractivity contribution is -0.137. The Morgan fingerprint density at radius 3 is 2.08 bits per heavy atom. The molecule has 3 aromatic rings. The highest BCUT2D eigenvalue weighted by molar-refractivity contribution is 5.57. The minimum atomic E-state index is -4.35. The number of hydrogen-bond acceptors (Lipinski definition) is 2. The quantitative estimate of drug-likeness (QED) is 0.601. The second-order valence-electron chi connectivity index (χ2n) is 5.81. The van der Waals surface area contributed by atoms with Gasteiger partial charge in [-0.05, 0) is 35.9 Å². The van der Waals surface area contributed by atoms with Gasteiger partial charge in [0.2, 0.25) is 0 Å². The van der Waals surface area contributed by atoms with Crippen LogP contribution in [0.25, 0.3) is 0 Å². The minimum Gasteiger partial charge on any atom is -0.378 e. The molecule has 25 heavy (non-hydrogen) atoms. The Bertz CT molecular complexity index is 875. The van der Waals surface area contributed by atoms with Crippen LogP contribution in [0.5, 0.6) is 5.75 Å². The van der Waals surface area contributed by atoms with E-state index in [1.54, 1.807) is 5.06 Å². The highest BCUT2D eigenvalue weighted by atomic mass is 19.4. The number of fused-ring (bicyclic) bond motifs is 1. The van der Waals surface area contributed by atoms with E-state index >= 15 is 0 Å². The molecule has 5 heteroatoms. The molecule has 1 unspecified atom stereocenters. The maximum absolute atomic E-state index is 12.8. The summed E-state index contributed by atoms with van der Waals surface area (Å²) >= 11 is 0. The lowest BCUT2D eigenvalue weighted by Gasteiger charge is -2.25. The molecule has 0 radical (unpaired) electrons. The molecule has 0 aromatic heterocycles. The molecule has 1 heterocycles. The monoisotopic (exact) mass is 341 g/mol. The summed E-state index contributed by atoms with van der Waals surface area (Å²) in [5, 5.41) is 1.73. The molecule has 3 aromatic carbocycles. The lowest BCUT2D eigenvalue weighted by Crippen LogP contribution is -2.26. The van der Waals surface area contributed by atoms with Gasteiger partial charge in [0.05, 0.1) is 11.3 Å². The van der Waals surface area contributed by atoms with Crippen LogP contribution in [0.3, 0.4) is 0 Å². The van der Waals surface area contributed by atoms with Gasteiger partial charge in [-0.1, -0.05) is 48.5 Å². The first-order valence-corrected chi connectivity index (χ1v) is 7.82. The third kappa shape index (κ3) is 2.82. The summed E-state index contributed by atoms with van der Waals surface area (Å²) in [7, 11) is 0. The number of para-hydroxylation sites is 2. The highest BCUT2D eigenvalue weighted by Gasteiger charge is 2.35. The first-order chi connectivity index (χ1) is 12.0. The molecule has 0 fully saturated rings. The zero-order valence-corrected chi connectivity index (χ0v) is 13.1. The highest BCUT2D eigenvalue weighted by Crippen LogP contribution is 2.44. The maximum atomic E-state index is 12.8. The molecule has 126 valence electrons. The van der Waals surface area contributed by atoms with Crippen molar-refractivity contribution in [1.29, 1.82) is 0 Å². The van der Waals surface area contributed by atoms with E-state index < -0.39 is 11.7 Å². The Labute approximate surface area is 143 Å². The molecule has 2 nitrogen and oxygen atoms in total. The number of hydrogen-bond donors (Lipinski definition) is 0. The van der Waals surface area contributed by atoms with E-state index in [1.807, 2.05) is 54.6 Å². The normalized spacial score (nSPS) is 16.4. The van der Waals surface area contributed by atoms with Crippen LogP contribution < -0.4 is 9.90 Å². The molecule has 4 rings (SSSR count). The topological polar surface area (TPSA) is 12.5 Å².